The van der Waals surface area contributed by atoms with Crippen LogP contribution >= 0.6 is 11.3 Å². The van der Waals surface area contributed by atoms with Crippen molar-refractivity contribution in [3.05, 3.63) is 58.4 Å². The number of aliphatic hydroxyl groups is 1. The van der Waals surface area contributed by atoms with Crippen LogP contribution in [0.1, 0.15) is 65.3 Å². The van der Waals surface area contributed by atoms with E-state index in [0.717, 1.165) is 16.2 Å². The maximum Gasteiger partial charge on any atom is 0.286 e. The normalized spacial score (nSPS) is 22.0. The molecule has 39 heavy (non-hydrogen) atoms. The van der Waals surface area contributed by atoms with Gasteiger partial charge in [0.25, 0.3) is 5.91 Å². The summed E-state index contributed by atoms with van der Waals surface area (Å²) >= 11 is 1.06. The second-order valence-electron chi connectivity index (χ2n) is 9.86. The summed E-state index contributed by atoms with van der Waals surface area (Å²) in [6.07, 6.45) is 3.63. The Labute approximate surface area is 226 Å². The molecule has 2 aliphatic rings. The highest BCUT2D eigenvalue weighted by molar-refractivity contribution is 7.18. The molecule has 1 saturated heterocycles. The lowest BCUT2D eigenvalue weighted by Gasteiger charge is -2.47. The van der Waals surface area contributed by atoms with E-state index in [9.17, 15) is 34.2 Å². The molecule has 3 aromatic heterocycles. The molecule has 0 bridgehead atoms. The molecule has 0 aliphatic carbocycles. The number of imidazole rings is 1. The van der Waals surface area contributed by atoms with Crippen LogP contribution in [-0.4, -0.2) is 60.9 Å². The first-order chi connectivity index (χ1) is 18.3. The number of carboxylic acid groups (broad SMARTS) is 1. The van der Waals surface area contributed by atoms with Gasteiger partial charge in [-0.3, -0.25) is 23.6 Å². The maximum atomic E-state index is 13.6. The molecule has 5 heterocycles. The van der Waals surface area contributed by atoms with Gasteiger partial charge in [0, 0.05) is 37.6 Å². The molecule has 13 heteroatoms. The van der Waals surface area contributed by atoms with Crippen LogP contribution in [0, 0.1) is 11.8 Å². The molecule has 2 amide bonds. The number of thiazole rings is 1. The molecular weight excluding hydrogens is 526 g/mol. The van der Waals surface area contributed by atoms with Crippen molar-refractivity contribution in [3.8, 4) is 0 Å². The third kappa shape index (κ3) is 3.88. The highest BCUT2D eigenvalue weighted by Gasteiger charge is 2.59. The Morgan fingerprint density at radius 3 is 2.54 bits per heavy atom. The summed E-state index contributed by atoms with van der Waals surface area (Å²) in [4.78, 5) is 68.7. The predicted molar refractivity (Wildman–Crippen MR) is 134 cm³/mol. The molecule has 0 spiro atoms. The topological polar surface area (TPSA) is 179 Å². The van der Waals surface area contributed by atoms with E-state index in [4.69, 9.17) is 5.73 Å². The zero-order valence-electron chi connectivity index (χ0n) is 21.4. The van der Waals surface area contributed by atoms with E-state index in [-0.39, 0.29) is 22.8 Å². The zero-order valence-corrected chi connectivity index (χ0v) is 22.3. The lowest BCUT2D eigenvalue weighted by Crippen LogP contribution is -2.64. The van der Waals surface area contributed by atoms with Gasteiger partial charge in [0.2, 0.25) is 17.7 Å². The van der Waals surface area contributed by atoms with Crippen LogP contribution in [0.4, 0.5) is 0 Å². The molecule has 3 aromatic rings. The summed E-state index contributed by atoms with van der Waals surface area (Å²) in [5, 5.41) is 22.3. The number of nitrogens with two attached hydrogens (primary N) is 1. The minimum absolute atomic E-state index is 0.0207. The lowest BCUT2D eigenvalue weighted by molar-refractivity contribution is -0.706. The third-order valence-electron chi connectivity index (χ3n) is 7.42. The van der Waals surface area contributed by atoms with E-state index in [1.165, 1.54) is 35.2 Å². The number of rotatable bonds is 8. The smallest absolute Gasteiger partial charge is 0.286 e. The number of aliphatic carboxylic acids is 1. The van der Waals surface area contributed by atoms with Crippen molar-refractivity contribution >= 4 is 51.1 Å². The van der Waals surface area contributed by atoms with Crippen LogP contribution in [0.5, 0.6) is 0 Å². The van der Waals surface area contributed by atoms with E-state index in [1.807, 2.05) is 0 Å². The molecule has 3 N–H and O–H groups in total. The Morgan fingerprint density at radius 1 is 1.26 bits per heavy atom. The predicted octanol–water partition coefficient (Wildman–Crippen LogP) is -0.518. The first kappa shape index (κ1) is 26.4. The van der Waals surface area contributed by atoms with Crippen LogP contribution in [0.15, 0.2) is 36.4 Å². The van der Waals surface area contributed by atoms with Gasteiger partial charge >= 0.3 is 0 Å². The van der Waals surface area contributed by atoms with Crippen molar-refractivity contribution in [2.24, 2.45) is 17.6 Å². The lowest BCUT2D eigenvalue weighted by atomic mass is 9.77. The maximum absolute atomic E-state index is 13.6. The number of nitrogens with zero attached hydrogens (tertiary/aromatic N) is 4. The third-order valence-corrected chi connectivity index (χ3v) is 8.55. The molecular formula is C26H25N5O7S. The molecule has 1 fully saturated rings. The number of primary amides is 1. The summed E-state index contributed by atoms with van der Waals surface area (Å²) in [6, 6.07) is 1.86. The number of ketones is 2. The van der Waals surface area contributed by atoms with Crippen molar-refractivity contribution < 1.29 is 38.8 Å². The van der Waals surface area contributed by atoms with Crippen LogP contribution in [0.3, 0.4) is 0 Å². The van der Waals surface area contributed by atoms with E-state index in [0.29, 0.717) is 15.3 Å². The van der Waals surface area contributed by atoms with Gasteiger partial charge in [-0.25, -0.2) is 4.98 Å². The van der Waals surface area contributed by atoms with E-state index < -0.39 is 59.4 Å². The SMILES string of the molecule is CC(=O)c1nc(C(=O)c2ccc[n+](C(C)C(N)=O)c2)c2sc(C3=C(C(=O)[O-])N4C(=O)[C@H]([C@@H](C)O)[C@H]4[C@H]3C)cn12. The van der Waals surface area contributed by atoms with Gasteiger partial charge < -0.3 is 25.6 Å². The van der Waals surface area contributed by atoms with Gasteiger partial charge in [-0.1, -0.05) is 6.92 Å². The summed E-state index contributed by atoms with van der Waals surface area (Å²) < 4.78 is 2.93. The number of Topliss-reactive ketones (excluding diaryl/α,β-unsaturated/α-hetero) is 1. The quantitative estimate of drug-likeness (QED) is 0.213. The van der Waals surface area contributed by atoms with Crippen LogP contribution < -0.4 is 15.4 Å². The van der Waals surface area contributed by atoms with Gasteiger partial charge in [-0.15, -0.1) is 11.3 Å². The number of aromatic nitrogens is 3. The standard InChI is InChI=1S/C26H25N5O7S/c1-10-16(20(26(37)38)31-19(10)17(12(3)32)24(31)36)15-9-30-23(13(4)33)28-18(25(30)39-15)21(34)14-6-5-7-29(8-14)11(2)22(27)35/h5-12,17,19,32H,1-4H3,(H2-,27,35,37,38)/t10-,11?,12+,17+,19+/m0/s1. The first-order valence-electron chi connectivity index (χ1n) is 12.2. The molecule has 12 nitrogen and oxygen atoms in total. The van der Waals surface area contributed by atoms with Crippen molar-refractivity contribution in [2.75, 3.05) is 0 Å². The van der Waals surface area contributed by atoms with Gasteiger partial charge in [0.15, 0.2) is 24.0 Å². The molecule has 0 radical (unpaired) electrons. The number of fused-ring (bicyclic) bond motifs is 2. The highest BCUT2D eigenvalue weighted by atomic mass is 32.1. The largest absolute Gasteiger partial charge is 0.543 e. The van der Waals surface area contributed by atoms with Crippen LogP contribution in [-0.2, 0) is 14.4 Å². The summed E-state index contributed by atoms with van der Waals surface area (Å²) in [6.45, 7) is 6.14. The zero-order chi connectivity index (χ0) is 28.5. The molecule has 202 valence electrons. The van der Waals surface area contributed by atoms with Gasteiger partial charge in [-0.05, 0) is 13.0 Å². The molecule has 0 saturated carbocycles. The Kier molecular flexibility index (Phi) is 6.23. The first-order valence-corrected chi connectivity index (χ1v) is 13.0. The van der Waals surface area contributed by atoms with E-state index in [1.54, 1.807) is 32.2 Å². The minimum Gasteiger partial charge on any atom is -0.543 e. The van der Waals surface area contributed by atoms with Gasteiger partial charge in [0.1, 0.15) is 10.5 Å². The molecule has 5 rings (SSSR count). The Balaban J connectivity index is 1.64. The van der Waals surface area contributed by atoms with E-state index >= 15 is 0 Å². The number of hydrogen-bond donors (Lipinski definition) is 2. The number of hydrogen-bond acceptors (Lipinski definition) is 9. The fraction of sp³-hybridized carbons (Fsp3) is 0.346. The Bertz CT molecular complexity index is 1630. The minimum atomic E-state index is -1.53. The molecule has 0 aromatic carbocycles. The number of β-lactam (4-membered cyclic amide) rings is 1. The van der Waals surface area contributed by atoms with Crippen LogP contribution in [0.2, 0.25) is 0 Å². The van der Waals surface area contributed by atoms with Crippen molar-refractivity contribution in [1.82, 2.24) is 14.3 Å². The molecule has 1 unspecified atom stereocenters. The second kappa shape index (κ2) is 9.20. The van der Waals surface area contributed by atoms with Gasteiger partial charge in [-0.2, -0.15) is 4.57 Å². The van der Waals surface area contributed by atoms with Gasteiger partial charge in [0.05, 0.1) is 40.2 Å². The van der Waals surface area contributed by atoms with Crippen molar-refractivity contribution in [1.29, 1.82) is 0 Å². The number of amides is 2. The number of aliphatic hydroxyl groups excluding tert-OH is 1. The fourth-order valence-electron chi connectivity index (χ4n) is 5.44. The summed E-state index contributed by atoms with van der Waals surface area (Å²) in [7, 11) is 0. The number of carbonyl (C=O) groups is 5. The summed E-state index contributed by atoms with van der Waals surface area (Å²) in [5.74, 6) is -4.78. The highest BCUT2D eigenvalue weighted by Crippen LogP contribution is 2.51. The average Bonchev–Trinajstić information content (AvgIpc) is 3.51. The molecule has 2 aliphatic heterocycles. The monoisotopic (exact) mass is 551 g/mol. The number of carbonyl (C=O) groups excluding carboxylic acids is 5. The molecule has 5 atom stereocenters. The Hall–Kier alpha value is -4.23. The number of carboxylic acids is 1. The number of pyridine rings is 1. The average molecular weight is 552 g/mol. The van der Waals surface area contributed by atoms with Crippen molar-refractivity contribution in [2.45, 2.75) is 45.9 Å². The summed E-state index contributed by atoms with van der Waals surface area (Å²) in [5.41, 5.74) is 5.61. The second-order valence-corrected chi connectivity index (χ2v) is 10.9. The fourth-order valence-corrected chi connectivity index (χ4v) is 6.67. The Morgan fingerprint density at radius 2 is 1.95 bits per heavy atom. The van der Waals surface area contributed by atoms with Crippen LogP contribution in [0.25, 0.3) is 10.4 Å². The van der Waals surface area contributed by atoms with E-state index in [2.05, 4.69) is 4.98 Å². The van der Waals surface area contributed by atoms with Crippen molar-refractivity contribution in [3.63, 3.8) is 0 Å².